The Morgan fingerprint density at radius 2 is 1.76 bits per heavy atom. The number of hydrogen-bond donors (Lipinski definition) is 4. The summed E-state index contributed by atoms with van der Waals surface area (Å²) in [6.45, 7) is 0.243. The third-order valence-electron chi connectivity index (χ3n) is 3.30. The number of para-hydroxylation sites is 1. The van der Waals surface area contributed by atoms with E-state index in [1.54, 1.807) is 36.4 Å². The van der Waals surface area contributed by atoms with E-state index in [9.17, 15) is 14.4 Å². The maximum atomic E-state index is 12.3. The van der Waals surface area contributed by atoms with E-state index >= 15 is 0 Å². The Hall–Kier alpha value is -3.13. The molecule has 0 bridgehead atoms. The normalized spacial score (nSPS) is 10.1. The van der Waals surface area contributed by atoms with Crippen molar-refractivity contribution in [1.29, 1.82) is 0 Å². The number of benzene rings is 1. The Balaban J connectivity index is 1.91. The molecule has 1 aromatic heterocycles. The predicted octanol–water partition coefficient (Wildman–Crippen LogP) is 0.484. The Kier molecular flexibility index (Phi) is 6.73. The summed E-state index contributed by atoms with van der Waals surface area (Å²) in [5.41, 5.74) is 0.736. The Labute approximate surface area is 145 Å². The lowest BCUT2D eigenvalue weighted by molar-refractivity contribution is -0.120. The number of nitrogens with one attached hydrogen (secondary N) is 4. The third-order valence-corrected chi connectivity index (χ3v) is 3.30. The van der Waals surface area contributed by atoms with E-state index in [0.29, 0.717) is 17.0 Å². The molecule has 0 atom stereocenters. The minimum atomic E-state index is -0.352. The van der Waals surface area contributed by atoms with Crippen LogP contribution >= 0.6 is 0 Å². The summed E-state index contributed by atoms with van der Waals surface area (Å²) < 4.78 is 5.16. The molecule has 0 fully saturated rings. The van der Waals surface area contributed by atoms with Crippen LogP contribution in [0, 0.1) is 0 Å². The topological polar surface area (TPSA) is 112 Å². The van der Waals surface area contributed by atoms with Gasteiger partial charge in [-0.15, -0.1) is 0 Å². The average molecular weight is 344 g/mol. The number of hydrogen-bond acceptors (Lipinski definition) is 5. The summed E-state index contributed by atoms with van der Waals surface area (Å²) in [5, 5.41) is 10.5. The second kappa shape index (κ2) is 9.24. The average Bonchev–Trinajstić information content (AvgIpc) is 3.13. The summed E-state index contributed by atoms with van der Waals surface area (Å²) in [7, 11) is 1.52. The van der Waals surface area contributed by atoms with Crippen molar-refractivity contribution in [2.24, 2.45) is 0 Å². The minimum Gasteiger partial charge on any atom is -0.467 e. The number of furan rings is 1. The van der Waals surface area contributed by atoms with Gasteiger partial charge >= 0.3 is 0 Å². The van der Waals surface area contributed by atoms with Crippen LogP contribution in [0.3, 0.4) is 0 Å². The fourth-order valence-corrected chi connectivity index (χ4v) is 2.04. The molecule has 0 saturated carbocycles. The monoisotopic (exact) mass is 344 g/mol. The molecule has 1 aromatic carbocycles. The van der Waals surface area contributed by atoms with Crippen molar-refractivity contribution in [3.8, 4) is 0 Å². The molecule has 25 heavy (non-hydrogen) atoms. The van der Waals surface area contributed by atoms with Crippen LogP contribution < -0.4 is 21.3 Å². The fraction of sp³-hybridized carbons (Fsp3) is 0.235. The van der Waals surface area contributed by atoms with Crippen molar-refractivity contribution < 1.29 is 18.8 Å². The smallest absolute Gasteiger partial charge is 0.253 e. The molecule has 2 aromatic rings. The Morgan fingerprint density at radius 1 is 1.00 bits per heavy atom. The van der Waals surface area contributed by atoms with Crippen molar-refractivity contribution in [3.05, 3.63) is 54.0 Å². The van der Waals surface area contributed by atoms with Crippen molar-refractivity contribution in [3.63, 3.8) is 0 Å². The van der Waals surface area contributed by atoms with Gasteiger partial charge in [-0.25, -0.2) is 0 Å². The van der Waals surface area contributed by atoms with Crippen LogP contribution in [0.1, 0.15) is 16.1 Å². The highest BCUT2D eigenvalue weighted by atomic mass is 16.3. The van der Waals surface area contributed by atoms with Crippen molar-refractivity contribution >= 4 is 23.4 Å². The standard InChI is InChI=1S/C17H20N4O4/c1-18-15(22)10-19-11-16(23)21-14-7-3-2-6-13(14)17(24)20-9-12-5-4-8-25-12/h2-8,19H,9-11H2,1H3,(H,18,22)(H,20,24)(H,21,23). The summed E-state index contributed by atoms with van der Waals surface area (Å²) in [6.07, 6.45) is 1.53. The van der Waals surface area contributed by atoms with E-state index in [1.165, 1.54) is 13.3 Å². The van der Waals surface area contributed by atoms with Gasteiger partial charge in [0, 0.05) is 7.05 Å². The summed E-state index contributed by atoms with van der Waals surface area (Å²) in [4.78, 5) is 35.4. The lowest BCUT2D eigenvalue weighted by Crippen LogP contribution is -2.36. The maximum absolute atomic E-state index is 12.3. The van der Waals surface area contributed by atoms with E-state index in [2.05, 4.69) is 21.3 Å². The van der Waals surface area contributed by atoms with Crippen LogP contribution in [0.2, 0.25) is 0 Å². The number of carbonyl (C=O) groups is 3. The van der Waals surface area contributed by atoms with Gasteiger partial charge in [-0.3, -0.25) is 19.7 Å². The van der Waals surface area contributed by atoms with Crippen LogP contribution in [0.5, 0.6) is 0 Å². The number of likely N-dealkylation sites (N-methyl/N-ethyl adjacent to an activating group) is 1. The fourth-order valence-electron chi connectivity index (χ4n) is 2.04. The zero-order chi connectivity index (χ0) is 18.1. The molecule has 132 valence electrons. The largest absolute Gasteiger partial charge is 0.467 e. The molecule has 0 saturated heterocycles. The van der Waals surface area contributed by atoms with Crippen LogP contribution in [0.25, 0.3) is 0 Å². The van der Waals surface area contributed by atoms with Crippen LogP contribution in [0.4, 0.5) is 5.69 Å². The van der Waals surface area contributed by atoms with Crippen molar-refractivity contribution in [2.75, 3.05) is 25.5 Å². The van der Waals surface area contributed by atoms with Crippen LogP contribution in [-0.2, 0) is 16.1 Å². The van der Waals surface area contributed by atoms with Gasteiger partial charge in [-0.2, -0.15) is 0 Å². The molecule has 0 unspecified atom stereocenters. The first kappa shape index (κ1) is 18.2. The van der Waals surface area contributed by atoms with E-state index in [4.69, 9.17) is 4.42 Å². The zero-order valence-corrected chi connectivity index (χ0v) is 13.8. The van der Waals surface area contributed by atoms with Gasteiger partial charge < -0.3 is 20.4 Å². The molecule has 0 spiro atoms. The van der Waals surface area contributed by atoms with Gasteiger partial charge in [0.1, 0.15) is 5.76 Å². The first-order valence-electron chi connectivity index (χ1n) is 7.71. The molecular formula is C17H20N4O4. The first-order valence-corrected chi connectivity index (χ1v) is 7.71. The van der Waals surface area contributed by atoms with Gasteiger partial charge in [0.15, 0.2) is 0 Å². The molecule has 0 aliphatic carbocycles. The van der Waals surface area contributed by atoms with E-state index < -0.39 is 0 Å². The predicted molar refractivity (Wildman–Crippen MR) is 91.9 cm³/mol. The number of rotatable bonds is 8. The molecule has 8 heteroatoms. The molecule has 1 heterocycles. The van der Waals surface area contributed by atoms with Crippen LogP contribution in [0.15, 0.2) is 47.1 Å². The van der Waals surface area contributed by atoms with Gasteiger partial charge in [0.05, 0.1) is 37.1 Å². The summed E-state index contributed by atoms with van der Waals surface area (Å²) in [5.74, 6) is -0.264. The van der Waals surface area contributed by atoms with Gasteiger partial charge in [0.25, 0.3) is 5.91 Å². The second-order valence-corrected chi connectivity index (χ2v) is 5.13. The SMILES string of the molecule is CNC(=O)CNCC(=O)Nc1ccccc1C(=O)NCc1ccco1. The quantitative estimate of drug-likeness (QED) is 0.556. The van der Waals surface area contributed by atoms with Gasteiger partial charge in [-0.1, -0.05) is 12.1 Å². The number of anilines is 1. The summed E-state index contributed by atoms with van der Waals surface area (Å²) >= 11 is 0. The highest BCUT2D eigenvalue weighted by Crippen LogP contribution is 2.15. The van der Waals surface area contributed by atoms with Crippen LogP contribution in [-0.4, -0.2) is 37.9 Å². The lowest BCUT2D eigenvalue weighted by atomic mass is 10.1. The molecule has 2 rings (SSSR count). The van der Waals surface area contributed by atoms with E-state index in [-0.39, 0.29) is 37.4 Å². The number of amides is 3. The summed E-state index contributed by atoms with van der Waals surface area (Å²) in [6, 6.07) is 10.2. The van der Waals surface area contributed by atoms with E-state index in [1.807, 2.05) is 0 Å². The van der Waals surface area contributed by atoms with Gasteiger partial charge in [0.2, 0.25) is 11.8 Å². The maximum Gasteiger partial charge on any atom is 0.253 e. The molecule has 0 aliphatic rings. The molecular weight excluding hydrogens is 324 g/mol. The molecule has 8 nitrogen and oxygen atoms in total. The molecule has 3 amide bonds. The van der Waals surface area contributed by atoms with Crippen molar-refractivity contribution in [1.82, 2.24) is 16.0 Å². The highest BCUT2D eigenvalue weighted by Gasteiger charge is 2.13. The van der Waals surface area contributed by atoms with E-state index in [0.717, 1.165) is 0 Å². The van der Waals surface area contributed by atoms with Crippen molar-refractivity contribution in [2.45, 2.75) is 6.54 Å². The second-order valence-electron chi connectivity index (χ2n) is 5.13. The molecule has 4 N–H and O–H groups in total. The lowest BCUT2D eigenvalue weighted by Gasteiger charge is -2.11. The first-order chi connectivity index (χ1) is 12.1. The minimum absolute atomic E-state index is 0.0369. The molecule has 0 aliphatic heterocycles. The Morgan fingerprint density at radius 3 is 2.48 bits per heavy atom. The molecule has 0 radical (unpaired) electrons. The third kappa shape index (κ3) is 5.78. The zero-order valence-electron chi connectivity index (χ0n) is 13.8. The Bertz CT molecular complexity index is 728. The van der Waals surface area contributed by atoms with Gasteiger partial charge in [-0.05, 0) is 24.3 Å². The highest BCUT2D eigenvalue weighted by molar-refractivity contribution is 6.04. The number of carbonyl (C=O) groups excluding carboxylic acids is 3.